The predicted octanol–water partition coefficient (Wildman–Crippen LogP) is 5.01. The summed E-state index contributed by atoms with van der Waals surface area (Å²) in [4.78, 5) is 26.9. The lowest BCUT2D eigenvalue weighted by Crippen LogP contribution is -2.41. The van der Waals surface area contributed by atoms with Crippen molar-refractivity contribution in [1.29, 1.82) is 5.26 Å². The minimum absolute atomic E-state index is 0.0123. The smallest absolute Gasteiger partial charge is 0.264 e. The summed E-state index contributed by atoms with van der Waals surface area (Å²) in [5.41, 5.74) is 3.42. The fourth-order valence-corrected chi connectivity index (χ4v) is 4.65. The fourth-order valence-electron chi connectivity index (χ4n) is 3.52. The molecule has 2 aromatic carbocycles. The molecule has 0 bridgehead atoms. The number of hydrogen-bond donors (Lipinski definition) is 1. The fraction of sp³-hybridized carbons (Fsp3) is 0.346. The Hall–Kier alpha value is -2.87. The van der Waals surface area contributed by atoms with E-state index in [9.17, 15) is 14.9 Å². The Bertz CT molecular complexity index is 1220. The van der Waals surface area contributed by atoms with Crippen LogP contribution in [0.1, 0.15) is 23.6 Å². The number of nitrogens with one attached hydrogen (secondary N) is 1. The molecule has 10 heteroatoms. The Labute approximate surface area is 227 Å². The summed E-state index contributed by atoms with van der Waals surface area (Å²) in [5.74, 6) is 0.0558. The van der Waals surface area contributed by atoms with E-state index in [4.69, 9.17) is 14.2 Å². The lowest BCUT2D eigenvalue weighted by atomic mass is 10.1. The zero-order chi connectivity index (χ0) is 26.2. The molecule has 1 fully saturated rings. The topological polar surface area (TPSA) is 101 Å². The SMILES string of the molecule is CCOc1cc(/C=C(/C#N)C(=O)N2CCOCC2)cc(Br)c1OCC(=O)Nc1cc(C)c(C)cc1Br. The van der Waals surface area contributed by atoms with Crippen molar-refractivity contribution in [3.05, 3.63) is 55.5 Å². The molecule has 190 valence electrons. The van der Waals surface area contributed by atoms with Crippen molar-refractivity contribution in [1.82, 2.24) is 4.90 Å². The number of benzene rings is 2. The van der Waals surface area contributed by atoms with E-state index in [-0.39, 0.29) is 24.0 Å². The lowest BCUT2D eigenvalue weighted by Gasteiger charge is -2.26. The van der Waals surface area contributed by atoms with Gasteiger partial charge in [0.1, 0.15) is 11.6 Å². The first kappa shape index (κ1) is 27.7. The van der Waals surface area contributed by atoms with E-state index in [1.807, 2.05) is 39.0 Å². The number of aryl methyl sites for hydroxylation is 2. The van der Waals surface area contributed by atoms with Crippen LogP contribution in [0.15, 0.2) is 38.8 Å². The van der Waals surface area contributed by atoms with E-state index in [1.165, 1.54) is 6.08 Å². The van der Waals surface area contributed by atoms with Crippen LogP contribution in [0.2, 0.25) is 0 Å². The molecule has 1 aliphatic rings. The van der Waals surface area contributed by atoms with E-state index in [0.717, 1.165) is 15.6 Å². The molecule has 8 nitrogen and oxygen atoms in total. The standard InChI is InChI=1S/C26H27Br2N3O5/c1-4-35-23-13-18(11-19(14-29)26(33)31-5-7-34-8-6-31)12-21(28)25(23)36-15-24(32)30-22-10-17(3)16(2)9-20(22)27/h9-13H,4-8,15H2,1-3H3,(H,30,32)/b19-11-. The summed E-state index contributed by atoms with van der Waals surface area (Å²) < 4.78 is 18.1. The van der Waals surface area contributed by atoms with E-state index >= 15 is 0 Å². The van der Waals surface area contributed by atoms with Gasteiger partial charge in [-0.05, 0) is 99.7 Å². The van der Waals surface area contributed by atoms with Crippen molar-refractivity contribution in [2.24, 2.45) is 0 Å². The predicted molar refractivity (Wildman–Crippen MR) is 144 cm³/mol. The van der Waals surface area contributed by atoms with Crippen molar-refractivity contribution in [2.45, 2.75) is 20.8 Å². The molecule has 3 rings (SSSR count). The maximum Gasteiger partial charge on any atom is 0.264 e. The van der Waals surface area contributed by atoms with E-state index in [1.54, 1.807) is 17.0 Å². The second-order valence-electron chi connectivity index (χ2n) is 8.09. The van der Waals surface area contributed by atoms with Crippen LogP contribution in [0, 0.1) is 25.2 Å². The number of nitrogens with zero attached hydrogens (tertiary/aromatic N) is 2. The Kier molecular flexibility index (Phi) is 9.93. The molecule has 0 spiro atoms. The first-order valence-corrected chi connectivity index (χ1v) is 13.0. The number of halogens is 2. The molecule has 1 heterocycles. The first-order chi connectivity index (χ1) is 17.2. The Morgan fingerprint density at radius 1 is 1.11 bits per heavy atom. The van der Waals surface area contributed by atoms with Gasteiger partial charge in [0.05, 0.1) is 30.0 Å². The minimum Gasteiger partial charge on any atom is -0.490 e. The number of morpholine rings is 1. The first-order valence-electron chi connectivity index (χ1n) is 11.4. The van der Waals surface area contributed by atoms with Gasteiger partial charge in [-0.15, -0.1) is 0 Å². The third-order valence-corrected chi connectivity index (χ3v) is 6.74. The molecule has 1 N–H and O–H groups in total. The Morgan fingerprint density at radius 2 is 1.81 bits per heavy atom. The number of amides is 2. The van der Waals surface area contributed by atoms with Crippen LogP contribution in [0.5, 0.6) is 11.5 Å². The molecule has 2 amide bonds. The highest BCUT2D eigenvalue weighted by Crippen LogP contribution is 2.38. The zero-order valence-corrected chi connectivity index (χ0v) is 23.5. The van der Waals surface area contributed by atoms with Crippen LogP contribution in [-0.2, 0) is 14.3 Å². The van der Waals surface area contributed by atoms with Crippen molar-refractivity contribution in [3.8, 4) is 17.6 Å². The van der Waals surface area contributed by atoms with Gasteiger partial charge in [0.15, 0.2) is 18.1 Å². The van der Waals surface area contributed by atoms with Crippen LogP contribution < -0.4 is 14.8 Å². The summed E-state index contributed by atoms with van der Waals surface area (Å²) >= 11 is 6.95. The maximum absolute atomic E-state index is 12.8. The third kappa shape index (κ3) is 7.09. The van der Waals surface area contributed by atoms with Crippen LogP contribution in [0.4, 0.5) is 5.69 Å². The number of rotatable bonds is 8. The van der Waals surface area contributed by atoms with Gasteiger partial charge in [0.2, 0.25) is 0 Å². The minimum atomic E-state index is -0.343. The average Bonchev–Trinajstić information content (AvgIpc) is 2.85. The third-order valence-electron chi connectivity index (χ3n) is 5.50. The highest BCUT2D eigenvalue weighted by molar-refractivity contribution is 9.11. The number of carbonyl (C=O) groups excluding carboxylic acids is 2. The number of carbonyl (C=O) groups is 2. The van der Waals surface area contributed by atoms with Crippen molar-refractivity contribution < 1.29 is 23.8 Å². The monoisotopic (exact) mass is 619 g/mol. The van der Waals surface area contributed by atoms with Gasteiger partial charge >= 0.3 is 0 Å². The lowest BCUT2D eigenvalue weighted by molar-refractivity contribution is -0.130. The number of ether oxygens (including phenoxy) is 3. The number of nitriles is 1. The van der Waals surface area contributed by atoms with Crippen molar-refractivity contribution in [2.75, 3.05) is 44.8 Å². The van der Waals surface area contributed by atoms with Gasteiger partial charge in [-0.25, -0.2) is 0 Å². The van der Waals surface area contributed by atoms with Crippen molar-refractivity contribution in [3.63, 3.8) is 0 Å². The van der Waals surface area contributed by atoms with Gasteiger partial charge in [-0.3, -0.25) is 9.59 Å². The molecular formula is C26H27Br2N3O5. The van der Waals surface area contributed by atoms with E-state index in [2.05, 4.69) is 37.2 Å². The molecule has 0 atom stereocenters. The number of anilines is 1. The highest BCUT2D eigenvalue weighted by Gasteiger charge is 2.21. The van der Waals surface area contributed by atoms with Gasteiger partial charge in [-0.2, -0.15) is 5.26 Å². The second kappa shape index (κ2) is 12.9. The second-order valence-corrected chi connectivity index (χ2v) is 9.80. The Balaban J connectivity index is 1.77. The summed E-state index contributed by atoms with van der Waals surface area (Å²) in [6, 6.07) is 9.21. The van der Waals surface area contributed by atoms with Gasteiger partial charge in [0, 0.05) is 17.6 Å². The molecule has 0 saturated carbocycles. The maximum atomic E-state index is 12.8. The molecule has 1 saturated heterocycles. The van der Waals surface area contributed by atoms with Gasteiger partial charge in [0.25, 0.3) is 11.8 Å². The molecule has 0 radical (unpaired) electrons. The summed E-state index contributed by atoms with van der Waals surface area (Å²) in [6.45, 7) is 7.70. The van der Waals surface area contributed by atoms with E-state index < -0.39 is 0 Å². The molecule has 36 heavy (non-hydrogen) atoms. The summed E-state index contributed by atoms with van der Waals surface area (Å²) in [5, 5.41) is 12.4. The average molecular weight is 621 g/mol. The van der Waals surface area contributed by atoms with Crippen LogP contribution >= 0.6 is 31.9 Å². The van der Waals surface area contributed by atoms with Gasteiger partial charge in [-0.1, -0.05) is 0 Å². The molecule has 1 aliphatic heterocycles. The molecule has 2 aromatic rings. The zero-order valence-electron chi connectivity index (χ0n) is 20.3. The quantitative estimate of drug-likeness (QED) is 0.329. The molecule has 0 unspecified atom stereocenters. The van der Waals surface area contributed by atoms with Crippen LogP contribution in [0.25, 0.3) is 6.08 Å². The summed E-state index contributed by atoms with van der Waals surface area (Å²) in [7, 11) is 0. The molecule has 0 aliphatic carbocycles. The normalized spacial score (nSPS) is 13.7. The number of hydrogen-bond acceptors (Lipinski definition) is 6. The Morgan fingerprint density at radius 3 is 2.47 bits per heavy atom. The molecule has 0 aromatic heterocycles. The van der Waals surface area contributed by atoms with Crippen molar-refractivity contribution >= 4 is 55.4 Å². The van der Waals surface area contributed by atoms with E-state index in [0.29, 0.717) is 60.1 Å². The highest BCUT2D eigenvalue weighted by atomic mass is 79.9. The largest absolute Gasteiger partial charge is 0.490 e. The molecular weight excluding hydrogens is 594 g/mol. The van der Waals surface area contributed by atoms with Crippen LogP contribution in [0.3, 0.4) is 0 Å². The van der Waals surface area contributed by atoms with Gasteiger partial charge < -0.3 is 24.4 Å². The summed E-state index contributed by atoms with van der Waals surface area (Å²) in [6.07, 6.45) is 1.51. The van der Waals surface area contributed by atoms with Crippen LogP contribution in [-0.4, -0.2) is 56.2 Å².